The van der Waals surface area contributed by atoms with Crippen LogP contribution in [-0.2, 0) is 22.4 Å². The molecule has 0 aliphatic rings. The third-order valence-electron chi connectivity index (χ3n) is 9.42. The molecule has 6 N–H and O–H groups in total. The molecule has 0 heterocycles. The lowest BCUT2D eigenvalue weighted by Crippen LogP contribution is -2.68. The molecule has 2 aromatic carbocycles. The molecule has 0 radical (unpaired) electrons. The summed E-state index contributed by atoms with van der Waals surface area (Å²) in [4.78, 5) is 47.0. The molecule has 0 bridgehead atoms. The molecular weight excluding hydrogens is 632 g/mol. The zero-order chi connectivity index (χ0) is 36.5. The maximum Gasteiger partial charge on any atom is 0.411 e. The van der Waals surface area contributed by atoms with E-state index in [2.05, 4.69) is 16.0 Å². The average Bonchev–Trinajstić information content (AvgIpc) is 3.09. The van der Waals surface area contributed by atoms with Gasteiger partial charge in [0.25, 0.3) is 0 Å². The van der Waals surface area contributed by atoms with Crippen molar-refractivity contribution < 1.29 is 29.4 Å². The van der Waals surface area contributed by atoms with Gasteiger partial charge in [0.05, 0.1) is 12.1 Å². The largest absolute Gasteiger partial charge is 0.465 e. The number of carbonyl (C=O) groups excluding carboxylic acids is 2. The number of aldehydes is 1. The van der Waals surface area contributed by atoms with Crippen LogP contribution in [0.3, 0.4) is 0 Å². The molecule has 0 spiro atoms. The minimum atomic E-state index is -1.46. The van der Waals surface area contributed by atoms with Crippen LogP contribution in [-0.4, -0.2) is 58.9 Å². The second kappa shape index (κ2) is 25.2. The first-order valence-corrected chi connectivity index (χ1v) is 18.7. The monoisotopic (exact) mass is 694 g/mol. The summed E-state index contributed by atoms with van der Waals surface area (Å²) in [6.07, 6.45) is 16.6. The number of hydrogen-bond donors (Lipinski definition) is 6. The standard InChI is InChI=1S/C40H62N4O6/c1-32(31-45)41-28-22-14-12-10-8-6-4-3-5-7-9-11-13-21-27-36(29-34-23-17-15-18-24-34)40(44-39(49)50,30-35-25-19-16-20-26-35)43-33(2)37(46)42-38(47)48/h15-20,23-26,31-33,36,41,43-44H,3-14,21-22,27-30H2,1-2H3,(H,42,46)(H,47,48)(H,49,50)/t32?,33-,36-,40?/m0/s1. The van der Waals surface area contributed by atoms with Crippen molar-refractivity contribution in [2.24, 2.45) is 5.92 Å². The number of nitrogens with one attached hydrogen (secondary N) is 4. The Morgan fingerprint density at radius 1 is 0.680 bits per heavy atom. The van der Waals surface area contributed by atoms with Gasteiger partial charge in [0.1, 0.15) is 11.9 Å². The molecule has 2 aromatic rings. The first kappa shape index (κ1) is 42.4. The summed E-state index contributed by atoms with van der Waals surface area (Å²) >= 11 is 0. The minimum Gasteiger partial charge on any atom is -0.465 e. The second-order valence-corrected chi connectivity index (χ2v) is 13.7. The number of rotatable bonds is 28. The highest BCUT2D eigenvalue weighted by Gasteiger charge is 2.42. The lowest BCUT2D eigenvalue weighted by Gasteiger charge is -2.44. The van der Waals surface area contributed by atoms with E-state index in [0.29, 0.717) is 6.42 Å². The van der Waals surface area contributed by atoms with Gasteiger partial charge in [-0.25, -0.2) is 9.59 Å². The van der Waals surface area contributed by atoms with Crippen molar-refractivity contribution in [2.75, 3.05) is 6.54 Å². The first-order valence-electron chi connectivity index (χ1n) is 18.7. The maximum atomic E-state index is 12.8. The van der Waals surface area contributed by atoms with Gasteiger partial charge in [-0.15, -0.1) is 0 Å². The van der Waals surface area contributed by atoms with Gasteiger partial charge in [-0.3, -0.25) is 15.4 Å². The van der Waals surface area contributed by atoms with E-state index in [0.717, 1.165) is 56.1 Å². The summed E-state index contributed by atoms with van der Waals surface area (Å²) in [5.74, 6) is -0.976. The Morgan fingerprint density at radius 2 is 1.16 bits per heavy atom. The highest BCUT2D eigenvalue weighted by atomic mass is 16.4. The molecular formula is C40H62N4O6. The quantitative estimate of drug-likeness (QED) is 0.0299. The molecule has 4 atom stereocenters. The zero-order valence-electron chi connectivity index (χ0n) is 30.3. The van der Waals surface area contributed by atoms with Gasteiger partial charge in [0.15, 0.2) is 0 Å². The molecule has 0 aliphatic heterocycles. The van der Waals surface area contributed by atoms with Crippen LogP contribution in [0, 0.1) is 5.92 Å². The molecule has 0 saturated heterocycles. The van der Waals surface area contributed by atoms with Crippen molar-refractivity contribution in [3.05, 3.63) is 71.8 Å². The van der Waals surface area contributed by atoms with E-state index >= 15 is 0 Å². The molecule has 0 aliphatic carbocycles. The molecule has 2 unspecified atom stereocenters. The number of carbonyl (C=O) groups is 4. The number of amides is 3. The van der Waals surface area contributed by atoms with E-state index in [-0.39, 0.29) is 18.4 Å². The highest BCUT2D eigenvalue weighted by Crippen LogP contribution is 2.30. The molecule has 10 heteroatoms. The van der Waals surface area contributed by atoms with Gasteiger partial charge < -0.3 is 25.6 Å². The Bertz CT molecular complexity index is 1230. The van der Waals surface area contributed by atoms with Crippen LogP contribution in [0.2, 0.25) is 0 Å². The highest BCUT2D eigenvalue weighted by molar-refractivity contribution is 5.94. The van der Waals surface area contributed by atoms with Crippen LogP contribution in [0.15, 0.2) is 60.7 Å². The molecule has 0 aromatic heterocycles. The summed E-state index contributed by atoms with van der Waals surface area (Å²) in [5.41, 5.74) is 0.711. The van der Waals surface area contributed by atoms with Crippen molar-refractivity contribution in [1.29, 1.82) is 0 Å². The molecule has 50 heavy (non-hydrogen) atoms. The van der Waals surface area contributed by atoms with E-state index in [9.17, 15) is 24.3 Å². The molecule has 278 valence electrons. The third kappa shape index (κ3) is 18.3. The van der Waals surface area contributed by atoms with E-state index in [1.54, 1.807) is 6.92 Å². The first-order chi connectivity index (χ1) is 24.1. The summed E-state index contributed by atoms with van der Waals surface area (Å²) < 4.78 is 0. The Balaban J connectivity index is 1.92. The van der Waals surface area contributed by atoms with Crippen LogP contribution >= 0.6 is 0 Å². The lowest BCUT2D eigenvalue weighted by molar-refractivity contribution is -0.123. The van der Waals surface area contributed by atoms with Crippen molar-refractivity contribution in [2.45, 2.75) is 141 Å². The van der Waals surface area contributed by atoms with Crippen molar-refractivity contribution in [3.8, 4) is 0 Å². The lowest BCUT2D eigenvalue weighted by atomic mass is 9.78. The van der Waals surface area contributed by atoms with E-state index in [4.69, 9.17) is 5.11 Å². The molecule has 10 nitrogen and oxygen atoms in total. The smallest absolute Gasteiger partial charge is 0.411 e. The number of benzene rings is 2. The van der Waals surface area contributed by atoms with Gasteiger partial charge in [-0.2, -0.15) is 0 Å². The van der Waals surface area contributed by atoms with Crippen molar-refractivity contribution in [1.82, 2.24) is 21.3 Å². The van der Waals surface area contributed by atoms with Crippen LogP contribution < -0.4 is 21.3 Å². The molecule has 3 amide bonds. The summed E-state index contributed by atoms with van der Waals surface area (Å²) in [6.45, 7) is 4.36. The third-order valence-corrected chi connectivity index (χ3v) is 9.42. The van der Waals surface area contributed by atoms with Crippen LogP contribution in [0.5, 0.6) is 0 Å². The van der Waals surface area contributed by atoms with Gasteiger partial charge in [-0.1, -0.05) is 144 Å². The molecule has 0 saturated carbocycles. The van der Waals surface area contributed by atoms with Crippen LogP contribution in [0.4, 0.5) is 9.59 Å². The van der Waals surface area contributed by atoms with Crippen LogP contribution in [0.1, 0.15) is 121 Å². The zero-order valence-corrected chi connectivity index (χ0v) is 30.3. The Kier molecular flexibility index (Phi) is 21.4. The summed E-state index contributed by atoms with van der Waals surface area (Å²) in [5, 5.41) is 30.4. The Hall–Kier alpha value is -3.76. The number of hydrogen-bond acceptors (Lipinski definition) is 6. The normalized spacial score (nSPS) is 14.2. The summed E-state index contributed by atoms with van der Waals surface area (Å²) in [7, 11) is 0. The fourth-order valence-corrected chi connectivity index (χ4v) is 6.71. The fraction of sp³-hybridized carbons (Fsp3) is 0.600. The maximum absolute atomic E-state index is 12.8. The summed E-state index contributed by atoms with van der Waals surface area (Å²) in [6, 6.07) is 18.5. The van der Waals surface area contributed by atoms with Gasteiger partial charge in [0, 0.05) is 6.42 Å². The van der Waals surface area contributed by atoms with Gasteiger partial charge in [-0.05, 0) is 56.7 Å². The van der Waals surface area contributed by atoms with E-state index < -0.39 is 29.8 Å². The SMILES string of the molecule is CC(C=O)NCCCCCCCCCCCCCCCC[C@@H](Cc1ccccc1)C(Cc1ccccc1)(NC(=O)O)N[C@@H](C)C(=O)NC(=O)O. The topological polar surface area (TPSA) is 157 Å². The molecule has 0 fully saturated rings. The second-order valence-electron chi connectivity index (χ2n) is 13.7. The predicted octanol–water partition coefficient (Wildman–Crippen LogP) is 7.85. The van der Waals surface area contributed by atoms with E-state index in [1.165, 1.54) is 64.2 Å². The van der Waals surface area contributed by atoms with Crippen molar-refractivity contribution in [3.63, 3.8) is 0 Å². The average molecular weight is 695 g/mol. The number of imide groups is 1. The number of carboxylic acid groups (broad SMARTS) is 2. The predicted molar refractivity (Wildman–Crippen MR) is 199 cm³/mol. The number of unbranched alkanes of at least 4 members (excludes halogenated alkanes) is 13. The molecule has 2 rings (SSSR count). The van der Waals surface area contributed by atoms with E-state index in [1.807, 2.05) is 72.9 Å². The van der Waals surface area contributed by atoms with Crippen molar-refractivity contribution >= 4 is 24.4 Å². The Morgan fingerprint density at radius 3 is 1.64 bits per heavy atom. The minimum absolute atomic E-state index is 0.0476. The fourth-order valence-electron chi connectivity index (χ4n) is 6.71. The van der Waals surface area contributed by atoms with Crippen LogP contribution in [0.25, 0.3) is 0 Å². The Labute approximate surface area is 299 Å². The van der Waals surface area contributed by atoms with Gasteiger partial charge in [0.2, 0.25) is 5.91 Å². The van der Waals surface area contributed by atoms with Gasteiger partial charge >= 0.3 is 12.2 Å².